The number of rotatable bonds is 9. The van der Waals surface area contributed by atoms with Crippen molar-refractivity contribution in [3.63, 3.8) is 0 Å². The Morgan fingerprint density at radius 1 is 1.10 bits per heavy atom. The summed E-state index contributed by atoms with van der Waals surface area (Å²) in [6.07, 6.45) is 1.56. The molecule has 1 amide bonds. The Kier molecular flexibility index (Phi) is 6.67. The molecular weight excluding hydrogens is 428 g/mol. The van der Waals surface area contributed by atoms with Crippen molar-refractivity contribution < 1.29 is 9.32 Å². The van der Waals surface area contributed by atoms with E-state index in [1.54, 1.807) is 16.2 Å². The van der Waals surface area contributed by atoms with Gasteiger partial charge in [-0.05, 0) is 26.3 Å². The van der Waals surface area contributed by atoms with Crippen molar-refractivity contribution in [2.45, 2.75) is 26.7 Å². The lowest BCUT2D eigenvalue weighted by molar-refractivity contribution is 0.0797. The zero-order valence-electron chi connectivity index (χ0n) is 18.0. The van der Waals surface area contributed by atoms with Gasteiger partial charge in [0.25, 0.3) is 5.91 Å². The third-order valence-electron chi connectivity index (χ3n) is 5.21. The second-order valence-corrected chi connectivity index (χ2v) is 9.36. The molecule has 31 heavy (non-hydrogen) atoms. The first kappa shape index (κ1) is 21.5. The van der Waals surface area contributed by atoms with Gasteiger partial charge in [0.1, 0.15) is 16.3 Å². The lowest BCUT2D eigenvalue weighted by Gasteiger charge is -2.16. The molecule has 0 N–H and O–H groups in total. The van der Waals surface area contributed by atoms with Gasteiger partial charge in [-0.25, -0.2) is 4.98 Å². The fourth-order valence-electron chi connectivity index (χ4n) is 3.41. The number of thiazole rings is 1. The molecule has 0 unspecified atom stereocenters. The standard InChI is InChI=1S/C23H26N4O2S2/c1-4-27(5-2)23-24-21-19(31-23)15-20(30-21)22(28)26(3)13-9-12-17-14-18(25-29-17)16-10-7-6-8-11-16/h6-8,10-11,14-15H,4-5,9,12-13H2,1-3H3. The summed E-state index contributed by atoms with van der Waals surface area (Å²) in [5.74, 6) is 0.881. The first-order chi connectivity index (χ1) is 15.1. The second-order valence-electron chi connectivity index (χ2n) is 7.32. The van der Waals surface area contributed by atoms with Crippen molar-refractivity contribution in [1.82, 2.24) is 15.0 Å². The molecule has 0 fully saturated rings. The van der Waals surface area contributed by atoms with Gasteiger partial charge in [0.2, 0.25) is 0 Å². The van der Waals surface area contributed by atoms with Crippen molar-refractivity contribution >= 4 is 43.2 Å². The number of carbonyl (C=O) groups excluding carboxylic acids is 1. The highest BCUT2D eigenvalue weighted by Gasteiger charge is 2.18. The fraction of sp³-hybridized carbons (Fsp3) is 0.348. The van der Waals surface area contributed by atoms with E-state index in [0.717, 1.165) is 62.5 Å². The van der Waals surface area contributed by atoms with Gasteiger partial charge in [0.05, 0.1) is 9.58 Å². The number of aryl methyl sites for hydroxylation is 1. The maximum Gasteiger partial charge on any atom is 0.263 e. The molecule has 8 heteroatoms. The molecule has 0 spiro atoms. The van der Waals surface area contributed by atoms with E-state index >= 15 is 0 Å². The lowest BCUT2D eigenvalue weighted by Crippen LogP contribution is -2.27. The highest BCUT2D eigenvalue weighted by Crippen LogP contribution is 2.35. The molecule has 0 atom stereocenters. The zero-order valence-corrected chi connectivity index (χ0v) is 19.6. The van der Waals surface area contributed by atoms with Crippen molar-refractivity contribution in [3.05, 3.63) is 53.1 Å². The van der Waals surface area contributed by atoms with E-state index < -0.39 is 0 Å². The summed E-state index contributed by atoms with van der Waals surface area (Å²) in [6.45, 7) is 6.78. The predicted octanol–water partition coefficient (Wildman–Crippen LogP) is 5.56. The Balaban J connectivity index is 1.32. The fourth-order valence-corrected chi connectivity index (χ4v) is 5.75. The Morgan fingerprint density at radius 2 is 1.87 bits per heavy atom. The Morgan fingerprint density at radius 3 is 2.58 bits per heavy atom. The first-order valence-electron chi connectivity index (χ1n) is 10.5. The van der Waals surface area contributed by atoms with Gasteiger partial charge in [-0.3, -0.25) is 4.79 Å². The summed E-state index contributed by atoms with van der Waals surface area (Å²) < 4.78 is 6.54. The minimum atomic E-state index is 0.0436. The Bertz CT molecular complexity index is 1110. The molecule has 0 saturated carbocycles. The normalized spacial score (nSPS) is 11.2. The molecule has 1 aromatic carbocycles. The van der Waals surface area contributed by atoms with Crippen LogP contribution in [0.25, 0.3) is 20.8 Å². The van der Waals surface area contributed by atoms with Crippen LogP contribution in [0.3, 0.4) is 0 Å². The smallest absolute Gasteiger partial charge is 0.263 e. The Hall–Kier alpha value is -2.71. The van der Waals surface area contributed by atoms with E-state index in [0.29, 0.717) is 6.54 Å². The quantitative estimate of drug-likeness (QED) is 0.331. The van der Waals surface area contributed by atoms with Crippen LogP contribution in [-0.4, -0.2) is 47.6 Å². The van der Waals surface area contributed by atoms with E-state index in [1.165, 1.54) is 11.3 Å². The van der Waals surface area contributed by atoms with Gasteiger partial charge >= 0.3 is 0 Å². The van der Waals surface area contributed by atoms with Crippen LogP contribution in [0.1, 0.15) is 35.7 Å². The molecule has 0 bridgehead atoms. The highest BCUT2D eigenvalue weighted by atomic mass is 32.1. The van der Waals surface area contributed by atoms with Gasteiger partial charge in [-0.1, -0.05) is 46.8 Å². The number of fused-ring (bicyclic) bond motifs is 1. The van der Waals surface area contributed by atoms with Gasteiger partial charge in [-0.2, -0.15) is 0 Å². The van der Waals surface area contributed by atoms with Gasteiger partial charge in [0.15, 0.2) is 5.13 Å². The van der Waals surface area contributed by atoms with Crippen LogP contribution < -0.4 is 4.90 Å². The molecule has 3 heterocycles. The van der Waals surface area contributed by atoms with Crippen LogP contribution in [0.15, 0.2) is 47.0 Å². The molecular formula is C23H26N4O2S2. The number of nitrogens with zero attached hydrogens (tertiary/aromatic N) is 4. The third-order valence-corrected chi connectivity index (χ3v) is 7.42. The number of anilines is 1. The van der Waals surface area contributed by atoms with Crippen molar-refractivity contribution in [3.8, 4) is 11.3 Å². The molecule has 0 aliphatic heterocycles. The molecule has 0 aliphatic rings. The van der Waals surface area contributed by atoms with Crippen molar-refractivity contribution in [2.24, 2.45) is 0 Å². The van der Waals surface area contributed by atoms with E-state index in [-0.39, 0.29) is 5.91 Å². The van der Waals surface area contributed by atoms with E-state index in [2.05, 4.69) is 23.9 Å². The number of hydrogen-bond donors (Lipinski definition) is 0. The maximum absolute atomic E-state index is 12.8. The van der Waals surface area contributed by atoms with Crippen LogP contribution in [0.5, 0.6) is 0 Å². The third kappa shape index (κ3) is 4.80. The number of hydrogen-bond acceptors (Lipinski definition) is 7. The highest BCUT2D eigenvalue weighted by molar-refractivity contribution is 7.29. The summed E-state index contributed by atoms with van der Waals surface area (Å²) in [7, 11) is 1.85. The zero-order chi connectivity index (χ0) is 21.8. The summed E-state index contributed by atoms with van der Waals surface area (Å²) >= 11 is 3.13. The molecule has 4 rings (SSSR count). The summed E-state index contributed by atoms with van der Waals surface area (Å²) in [6, 6.07) is 13.9. The minimum absolute atomic E-state index is 0.0436. The molecule has 3 aromatic heterocycles. The number of benzene rings is 1. The predicted molar refractivity (Wildman–Crippen MR) is 128 cm³/mol. The monoisotopic (exact) mass is 454 g/mol. The average molecular weight is 455 g/mol. The topological polar surface area (TPSA) is 62.5 Å². The number of amides is 1. The molecule has 0 radical (unpaired) electrons. The van der Waals surface area contributed by atoms with E-state index in [4.69, 9.17) is 9.51 Å². The van der Waals surface area contributed by atoms with E-state index in [9.17, 15) is 4.79 Å². The van der Waals surface area contributed by atoms with Crippen LogP contribution in [0, 0.1) is 0 Å². The number of carbonyl (C=O) groups is 1. The van der Waals surface area contributed by atoms with E-state index in [1.807, 2.05) is 49.5 Å². The van der Waals surface area contributed by atoms with Gasteiger partial charge in [0, 0.05) is 44.7 Å². The molecule has 0 aliphatic carbocycles. The Labute approximate surface area is 190 Å². The summed E-state index contributed by atoms with van der Waals surface area (Å²) in [5, 5.41) is 5.18. The molecule has 6 nitrogen and oxygen atoms in total. The summed E-state index contributed by atoms with van der Waals surface area (Å²) in [5.41, 5.74) is 1.88. The maximum atomic E-state index is 12.8. The number of thiophene rings is 1. The second kappa shape index (κ2) is 9.62. The van der Waals surface area contributed by atoms with Crippen molar-refractivity contribution in [2.75, 3.05) is 31.6 Å². The van der Waals surface area contributed by atoms with Crippen LogP contribution in [0.2, 0.25) is 0 Å². The number of aromatic nitrogens is 2. The lowest BCUT2D eigenvalue weighted by atomic mass is 10.1. The molecule has 0 saturated heterocycles. The van der Waals surface area contributed by atoms with Crippen LogP contribution in [-0.2, 0) is 6.42 Å². The minimum Gasteiger partial charge on any atom is -0.361 e. The van der Waals surface area contributed by atoms with Crippen molar-refractivity contribution in [1.29, 1.82) is 0 Å². The first-order valence-corrected chi connectivity index (χ1v) is 12.1. The largest absolute Gasteiger partial charge is 0.361 e. The van der Waals surface area contributed by atoms with Crippen LogP contribution in [0.4, 0.5) is 5.13 Å². The van der Waals surface area contributed by atoms with Gasteiger partial charge < -0.3 is 14.3 Å². The van der Waals surface area contributed by atoms with Crippen LogP contribution >= 0.6 is 22.7 Å². The molecule has 4 aromatic rings. The average Bonchev–Trinajstić information content (AvgIpc) is 3.50. The van der Waals surface area contributed by atoms with Gasteiger partial charge in [-0.15, -0.1) is 11.3 Å². The molecule has 162 valence electrons. The SMILES string of the molecule is CCN(CC)c1nc2sc(C(=O)N(C)CCCc3cc(-c4ccccc4)no3)cc2s1. The summed E-state index contributed by atoms with van der Waals surface area (Å²) in [4.78, 5) is 23.3.